The Hall–Kier alpha value is -2.42. The van der Waals surface area contributed by atoms with Crippen LogP contribution >= 0.6 is 0 Å². The molecule has 1 aromatic carbocycles. The molecule has 1 aliphatic heterocycles. The van der Waals surface area contributed by atoms with Crippen LogP contribution in [0.5, 0.6) is 5.75 Å². The summed E-state index contributed by atoms with van der Waals surface area (Å²) in [4.78, 5) is 9.23. The Balaban J connectivity index is 0.000000693. The Kier molecular flexibility index (Phi) is 4.05. The summed E-state index contributed by atoms with van der Waals surface area (Å²) in [7, 11) is 0. The lowest BCUT2D eigenvalue weighted by atomic mass is 10.0. The van der Waals surface area contributed by atoms with Gasteiger partial charge in [-0.25, -0.2) is 4.98 Å². The molecule has 0 saturated carbocycles. The van der Waals surface area contributed by atoms with Crippen LogP contribution in [0, 0.1) is 6.92 Å². The van der Waals surface area contributed by atoms with E-state index >= 15 is 0 Å². The SMILES string of the molecule is CC.Cc1cc(-c2ccccn2)nc2c3c(ccc12)OCC3. The molecule has 0 aliphatic carbocycles. The zero-order valence-corrected chi connectivity index (χ0v) is 13.3. The lowest BCUT2D eigenvalue weighted by Gasteiger charge is -2.09. The van der Waals surface area contributed by atoms with Gasteiger partial charge in [-0.3, -0.25) is 4.98 Å². The first-order valence-electron chi connectivity index (χ1n) is 7.80. The van der Waals surface area contributed by atoms with E-state index in [0.29, 0.717) is 0 Å². The van der Waals surface area contributed by atoms with Gasteiger partial charge in [0.15, 0.2) is 0 Å². The molecule has 0 unspecified atom stereocenters. The van der Waals surface area contributed by atoms with Crippen molar-refractivity contribution in [1.29, 1.82) is 0 Å². The molecule has 3 aromatic rings. The zero-order valence-electron chi connectivity index (χ0n) is 13.3. The summed E-state index contributed by atoms with van der Waals surface area (Å²) in [5.74, 6) is 0.975. The van der Waals surface area contributed by atoms with Gasteiger partial charge in [0.1, 0.15) is 5.75 Å². The third-order valence-corrected chi connectivity index (χ3v) is 3.79. The van der Waals surface area contributed by atoms with E-state index in [4.69, 9.17) is 9.72 Å². The minimum atomic E-state index is 0.753. The Bertz CT molecular complexity index is 797. The molecule has 0 spiro atoms. The quantitative estimate of drug-likeness (QED) is 0.659. The number of aryl methyl sites for hydroxylation is 1. The van der Waals surface area contributed by atoms with E-state index in [2.05, 4.69) is 30.1 Å². The summed E-state index contributed by atoms with van der Waals surface area (Å²) in [5.41, 5.74) is 5.35. The van der Waals surface area contributed by atoms with E-state index < -0.39 is 0 Å². The first kappa shape index (κ1) is 14.5. The molecule has 0 radical (unpaired) electrons. The number of pyridine rings is 2. The van der Waals surface area contributed by atoms with Crippen LogP contribution < -0.4 is 4.74 Å². The van der Waals surface area contributed by atoms with Crippen molar-refractivity contribution in [2.45, 2.75) is 27.2 Å². The highest BCUT2D eigenvalue weighted by Gasteiger charge is 2.18. The van der Waals surface area contributed by atoms with Crippen LogP contribution in [-0.4, -0.2) is 16.6 Å². The van der Waals surface area contributed by atoms with Gasteiger partial charge in [-0.2, -0.15) is 0 Å². The van der Waals surface area contributed by atoms with E-state index in [1.807, 2.05) is 32.0 Å². The van der Waals surface area contributed by atoms with Crippen molar-refractivity contribution in [3.8, 4) is 17.1 Å². The molecule has 22 heavy (non-hydrogen) atoms. The molecule has 0 N–H and O–H groups in total. The molecule has 1 aliphatic rings. The number of rotatable bonds is 1. The maximum Gasteiger partial charge on any atom is 0.124 e. The molecular formula is C19H20N2O. The average molecular weight is 292 g/mol. The van der Waals surface area contributed by atoms with Crippen LogP contribution in [0.2, 0.25) is 0 Å². The summed E-state index contributed by atoms with van der Waals surface area (Å²) in [6, 6.07) is 12.2. The van der Waals surface area contributed by atoms with Crippen LogP contribution in [-0.2, 0) is 6.42 Å². The van der Waals surface area contributed by atoms with Gasteiger partial charge < -0.3 is 4.74 Å². The van der Waals surface area contributed by atoms with Crippen molar-refractivity contribution in [3.05, 3.63) is 53.7 Å². The second-order valence-corrected chi connectivity index (χ2v) is 5.08. The fourth-order valence-electron chi connectivity index (χ4n) is 2.78. The number of aromatic nitrogens is 2. The molecule has 3 heteroatoms. The van der Waals surface area contributed by atoms with Crippen LogP contribution in [0.1, 0.15) is 25.0 Å². The lowest BCUT2D eigenvalue weighted by Crippen LogP contribution is -1.93. The zero-order chi connectivity index (χ0) is 15.5. The number of hydrogen-bond acceptors (Lipinski definition) is 3. The molecule has 0 saturated heterocycles. The summed E-state index contributed by atoms with van der Waals surface area (Å²) in [5, 5.41) is 1.20. The van der Waals surface area contributed by atoms with Gasteiger partial charge in [0.25, 0.3) is 0 Å². The summed E-state index contributed by atoms with van der Waals surface area (Å²) >= 11 is 0. The first-order valence-corrected chi connectivity index (χ1v) is 7.80. The van der Waals surface area contributed by atoms with Crippen molar-refractivity contribution < 1.29 is 4.74 Å². The normalized spacial score (nSPS) is 12.3. The second-order valence-electron chi connectivity index (χ2n) is 5.08. The monoisotopic (exact) mass is 292 g/mol. The Morgan fingerprint density at radius 3 is 2.68 bits per heavy atom. The number of ether oxygens (including phenoxy) is 1. The van der Waals surface area contributed by atoms with E-state index in [1.54, 1.807) is 6.20 Å². The highest BCUT2D eigenvalue weighted by atomic mass is 16.5. The first-order chi connectivity index (χ1) is 10.8. The summed E-state index contributed by atoms with van der Waals surface area (Å²) in [6.07, 6.45) is 2.74. The number of benzene rings is 1. The summed E-state index contributed by atoms with van der Waals surface area (Å²) < 4.78 is 5.64. The molecule has 0 bridgehead atoms. The second kappa shape index (κ2) is 6.14. The maximum atomic E-state index is 5.64. The minimum absolute atomic E-state index is 0.753. The van der Waals surface area contributed by atoms with Crippen LogP contribution in [0.15, 0.2) is 42.6 Å². The fourth-order valence-corrected chi connectivity index (χ4v) is 2.78. The van der Waals surface area contributed by atoms with E-state index in [9.17, 15) is 0 Å². The number of fused-ring (bicyclic) bond motifs is 3. The largest absolute Gasteiger partial charge is 0.493 e. The predicted molar refractivity (Wildman–Crippen MR) is 90.3 cm³/mol. The van der Waals surface area contributed by atoms with Crippen molar-refractivity contribution in [2.24, 2.45) is 0 Å². The Labute approximate surface area is 131 Å². The van der Waals surface area contributed by atoms with Crippen molar-refractivity contribution in [2.75, 3.05) is 6.61 Å². The molecule has 0 fully saturated rings. The molecule has 3 heterocycles. The Morgan fingerprint density at radius 1 is 1.05 bits per heavy atom. The molecule has 2 aromatic heterocycles. The average Bonchev–Trinajstić information content (AvgIpc) is 3.06. The molecular weight excluding hydrogens is 272 g/mol. The molecule has 0 atom stereocenters. The molecule has 112 valence electrons. The topological polar surface area (TPSA) is 35.0 Å². The molecule has 4 rings (SSSR count). The van der Waals surface area contributed by atoms with Gasteiger partial charge in [0.05, 0.1) is 23.5 Å². The maximum absolute atomic E-state index is 5.64. The van der Waals surface area contributed by atoms with Crippen molar-refractivity contribution >= 4 is 10.9 Å². The van der Waals surface area contributed by atoms with Gasteiger partial charge in [0, 0.05) is 23.6 Å². The van der Waals surface area contributed by atoms with Crippen molar-refractivity contribution in [3.63, 3.8) is 0 Å². The van der Waals surface area contributed by atoms with E-state index in [-0.39, 0.29) is 0 Å². The van der Waals surface area contributed by atoms with E-state index in [1.165, 1.54) is 16.5 Å². The van der Waals surface area contributed by atoms with Gasteiger partial charge in [-0.05, 0) is 42.8 Å². The van der Waals surface area contributed by atoms with Crippen LogP contribution in [0.3, 0.4) is 0 Å². The van der Waals surface area contributed by atoms with Crippen LogP contribution in [0.25, 0.3) is 22.3 Å². The molecule has 0 amide bonds. The van der Waals surface area contributed by atoms with Gasteiger partial charge in [-0.1, -0.05) is 19.9 Å². The van der Waals surface area contributed by atoms with Gasteiger partial charge in [0.2, 0.25) is 0 Å². The minimum Gasteiger partial charge on any atom is -0.493 e. The van der Waals surface area contributed by atoms with E-state index in [0.717, 1.165) is 35.7 Å². The van der Waals surface area contributed by atoms with Crippen molar-refractivity contribution in [1.82, 2.24) is 9.97 Å². The van der Waals surface area contributed by atoms with Gasteiger partial charge >= 0.3 is 0 Å². The summed E-state index contributed by atoms with van der Waals surface area (Å²) in [6.45, 7) is 6.88. The Morgan fingerprint density at radius 2 is 1.91 bits per heavy atom. The fraction of sp³-hybridized carbons (Fsp3) is 0.263. The molecule has 3 nitrogen and oxygen atoms in total. The highest BCUT2D eigenvalue weighted by molar-refractivity contribution is 5.89. The predicted octanol–water partition coefficient (Wildman–Crippen LogP) is 4.57. The third-order valence-electron chi connectivity index (χ3n) is 3.79. The smallest absolute Gasteiger partial charge is 0.124 e. The third kappa shape index (κ3) is 2.43. The number of nitrogens with zero attached hydrogens (tertiary/aromatic N) is 2. The highest BCUT2D eigenvalue weighted by Crippen LogP contribution is 2.34. The van der Waals surface area contributed by atoms with Crippen LogP contribution in [0.4, 0.5) is 0 Å². The standard InChI is InChI=1S/C17H14N2O.C2H6/c1-11-10-15(14-4-2-3-8-18-14)19-17-12(11)5-6-16-13(17)7-9-20-16;1-2/h2-6,8,10H,7,9H2,1H3;1-2H3. The lowest BCUT2D eigenvalue weighted by molar-refractivity contribution is 0.357. The van der Waals surface area contributed by atoms with Gasteiger partial charge in [-0.15, -0.1) is 0 Å². The number of hydrogen-bond donors (Lipinski definition) is 0.